The number of alkyl halides is 3. The second kappa shape index (κ2) is 7.43. The first-order valence-corrected chi connectivity index (χ1v) is 5.90. The molecule has 1 unspecified atom stereocenters. The largest absolute Gasteiger partial charge is 0.468 e. The molecule has 0 aliphatic heterocycles. The predicted octanol–water partition coefficient (Wildman–Crippen LogP) is 3.29. The van der Waals surface area contributed by atoms with Gasteiger partial charge in [-0.2, -0.15) is 13.2 Å². The van der Waals surface area contributed by atoms with Crippen LogP contribution in [0.2, 0.25) is 0 Å². The number of nitrogens with one attached hydrogen (secondary N) is 1. The molecule has 3 nitrogen and oxygen atoms in total. The number of furan rings is 1. The van der Waals surface area contributed by atoms with E-state index in [4.69, 9.17) is 9.15 Å². The molecule has 1 rings (SSSR count). The Morgan fingerprint density at radius 1 is 1.39 bits per heavy atom. The molecule has 0 aromatic carbocycles. The molecule has 1 aromatic heterocycles. The van der Waals surface area contributed by atoms with Gasteiger partial charge in [0, 0.05) is 19.6 Å². The highest BCUT2D eigenvalue weighted by Gasteiger charge is 2.25. The summed E-state index contributed by atoms with van der Waals surface area (Å²) in [6.45, 7) is 3.05. The Morgan fingerprint density at radius 3 is 2.78 bits per heavy atom. The lowest BCUT2D eigenvalue weighted by Gasteiger charge is -2.11. The highest BCUT2D eigenvalue weighted by molar-refractivity contribution is 5.02. The van der Waals surface area contributed by atoms with Crippen molar-refractivity contribution >= 4 is 0 Å². The Balaban J connectivity index is 1.96. The second-order valence-electron chi connectivity index (χ2n) is 4.02. The zero-order valence-electron chi connectivity index (χ0n) is 10.3. The Labute approximate surface area is 104 Å². The van der Waals surface area contributed by atoms with Gasteiger partial charge >= 0.3 is 6.18 Å². The van der Waals surface area contributed by atoms with Crippen LogP contribution in [-0.4, -0.2) is 25.9 Å². The van der Waals surface area contributed by atoms with E-state index in [1.165, 1.54) is 0 Å². The average Bonchev–Trinajstić information content (AvgIpc) is 2.79. The Kier molecular flexibility index (Phi) is 6.21. The molecule has 104 valence electrons. The minimum atomic E-state index is -4.09. The van der Waals surface area contributed by atoms with Crippen LogP contribution in [0.15, 0.2) is 22.8 Å². The zero-order valence-corrected chi connectivity index (χ0v) is 10.3. The number of hydrogen-bond acceptors (Lipinski definition) is 3. The lowest BCUT2D eigenvalue weighted by atomic mass is 10.2. The first-order valence-electron chi connectivity index (χ1n) is 5.90. The quantitative estimate of drug-likeness (QED) is 0.732. The maximum atomic E-state index is 11.8. The highest BCUT2D eigenvalue weighted by atomic mass is 19.4. The zero-order chi connectivity index (χ0) is 13.4. The second-order valence-corrected chi connectivity index (χ2v) is 4.02. The molecule has 18 heavy (non-hydrogen) atoms. The predicted molar refractivity (Wildman–Crippen MR) is 61.2 cm³/mol. The molecule has 0 saturated carbocycles. The van der Waals surface area contributed by atoms with Gasteiger partial charge in [0.15, 0.2) is 0 Å². The van der Waals surface area contributed by atoms with Crippen molar-refractivity contribution in [3.05, 3.63) is 24.2 Å². The van der Waals surface area contributed by atoms with E-state index in [2.05, 4.69) is 5.32 Å². The van der Waals surface area contributed by atoms with Gasteiger partial charge in [-0.05, 0) is 25.5 Å². The van der Waals surface area contributed by atoms with Gasteiger partial charge in [-0.25, -0.2) is 0 Å². The maximum Gasteiger partial charge on any atom is 0.389 e. The van der Waals surface area contributed by atoms with E-state index in [0.29, 0.717) is 13.2 Å². The summed E-state index contributed by atoms with van der Waals surface area (Å²) in [7, 11) is 0. The Bertz CT molecular complexity index is 312. The van der Waals surface area contributed by atoms with Gasteiger partial charge in [0.25, 0.3) is 0 Å². The van der Waals surface area contributed by atoms with Crippen LogP contribution in [0, 0.1) is 0 Å². The third kappa shape index (κ3) is 6.66. The summed E-state index contributed by atoms with van der Waals surface area (Å²) in [5, 5.41) is 3.15. The molecule has 1 heterocycles. The Hall–Kier alpha value is -1.01. The summed E-state index contributed by atoms with van der Waals surface area (Å²) < 4.78 is 45.8. The van der Waals surface area contributed by atoms with Crippen molar-refractivity contribution < 1.29 is 22.3 Å². The van der Waals surface area contributed by atoms with E-state index in [0.717, 1.165) is 5.76 Å². The maximum absolute atomic E-state index is 11.8. The van der Waals surface area contributed by atoms with Crippen LogP contribution < -0.4 is 5.32 Å². The average molecular weight is 265 g/mol. The lowest BCUT2D eigenvalue weighted by Crippen LogP contribution is -2.23. The molecule has 0 amide bonds. The van der Waals surface area contributed by atoms with Crippen molar-refractivity contribution in [1.29, 1.82) is 0 Å². The fraction of sp³-hybridized carbons (Fsp3) is 0.667. The first kappa shape index (κ1) is 15.0. The SMILES string of the molecule is CC(NCCOCCCC(F)(F)F)c1ccco1. The van der Waals surface area contributed by atoms with Gasteiger partial charge in [0.1, 0.15) is 5.76 Å². The van der Waals surface area contributed by atoms with Crippen molar-refractivity contribution in [1.82, 2.24) is 5.32 Å². The van der Waals surface area contributed by atoms with Gasteiger partial charge in [-0.3, -0.25) is 0 Å². The van der Waals surface area contributed by atoms with Crippen LogP contribution in [0.25, 0.3) is 0 Å². The van der Waals surface area contributed by atoms with E-state index < -0.39 is 12.6 Å². The lowest BCUT2D eigenvalue weighted by molar-refractivity contribution is -0.137. The van der Waals surface area contributed by atoms with Crippen molar-refractivity contribution in [2.24, 2.45) is 0 Å². The van der Waals surface area contributed by atoms with E-state index in [1.54, 1.807) is 12.3 Å². The van der Waals surface area contributed by atoms with Gasteiger partial charge in [-0.1, -0.05) is 0 Å². The highest BCUT2D eigenvalue weighted by Crippen LogP contribution is 2.20. The molecule has 0 fully saturated rings. The number of hydrogen-bond donors (Lipinski definition) is 1. The molecule has 0 aliphatic rings. The van der Waals surface area contributed by atoms with Crippen LogP contribution >= 0.6 is 0 Å². The molecule has 0 saturated heterocycles. The van der Waals surface area contributed by atoms with Gasteiger partial charge in [0.05, 0.1) is 18.9 Å². The van der Waals surface area contributed by atoms with Crippen LogP contribution in [0.4, 0.5) is 13.2 Å². The third-order valence-electron chi connectivity index (χ3n) is 2.42. The van der Waals surface area contributed by atoms with Crippen molar-refractivity contribution in [2.75, 3.05) is 19.8 Å². The minimum Gasteiger partial charge on any atom is -0.468 e. The number of rotatable bonds is 8. The third-order valence-corrected chi connectivity index (χ3v) is 2.42. The molecular formula is C12H18F3NO2. The van der Waals surface area contributed by atoms with Crippen molar-refractivity contribution in [3.63, 3.8) is 0 Å². The fourth-order valence-corrected chi connectivity index (χ4v) is 1.46. The summed E-state index contributed by atoms with van der Waals surface area (Å²) in [5.74, 6) is 0.826. The summed E-state index contributed by atoms with van der Waals surface area (Å²) in [6, 6.07) is 3.74. The summed E-state index contributed by atoms with van der Waals surface area (Å²) >= 11 is 0. The van der Waals surface area contributed by atoms with Crippen LogP contribution in [0.5, 0.6) is 0 Å². The molecule has 1 N–H and O–H groups in total. The molecule has 0 aliphatic carbocycles. The van der Waals surface area contributed by atoms with E-state index in [1.807, 2.05) is 13.0 Å². The summed E-state index contributed by atoms with van der Waals surface area (Å²) in [5.41, 5.74) is 0. The first-order chi connectivity index (χ1) is 8.49. The van der Waals surface area contributed by atoms with Crippen LogP contribution in [0.1, 0.15) is 31.6 Å². The molecule has 0 radical (unpaired) electrons. The standard InChI is InChI=1S/C12H18F3NO2/c1-10(11-4-2-8-18-11)16-6-9-17-7-3-5-12(13,14)15/h2,4,8,10,16H,3,5-7,9H2,1H3. The number of halogens is 3. The van der Waals surface area contributed by atoms with Crippen LogP contribution in [-0.2, 0) is 4.74 Å². The normalized spacial score (nSPS) is 13.8. The topological polar surface area (TPSA) is 34.4 Å². The summed E-state index contributed by atoms with van der Waals surface area (Å²) in [6.07, 6.45) is -3.27. The van der Waals surface area contributed by atoms with Crippen molar-refractivity contribution in [2.45, 2.75) is 32.0 Å². The van der Waals surface area contributed by atoms with E-state index in [9.17, 15) is 13.2 Å². The molecule has 0 spiro atoms. The minimum absolute atomic E-state index is 0.0111. The van der Waals surface area contributed by atoms with Gasteiger partial charge in [0.2, 0.25) is 0 Å². The molecular weight excluding hydrogens is 247 g/mol. The monoisotopic (exact) mass is 265 g/mol. The van der Waals surface area contributed by atoms with Gasteiger partial charge < -0.3 is 14.5 Å². The Morgan fingerprint density at radius 2 is 2.17 bits per heavy atom. The van der Waals surface area contributed by atoms with Gasteiger partial charge in [-0.15, -0.1) is 0 Å². The number of ether oxygens (including phenoxy) is 1. The fourth-order valence-electron chi connectivity index (χ4n) is 1.46. The molecule has 0 bridgehead atoms. The summed E-state index contributed by atoms with van der Waals surface area (Å²) in [4.78, 5) is 0. The van der Waals surface area contributed by atoms with E-state index in [-0.39, 0.29) is 19.1 Å². The van der Waals surface area contributed by atoms with E-state index >= 15 is 0 Å². The molecule has 1 aromatic rings. The molecule has 1 atom stereocenters. The molecule has 6 heteroatoms. The smallest absolute Gasteiger partial charge is 0.389 e. The van der Waals surface area contributed by atoms with Crippen molar-refractivity contribution in [3.8, 4) is 0 Å². The van der Waals surface area contributed by atoms with Crippen LogP contribution in [0.3, 0.4) is 0 Å².